The zero-order chi connectivity index (χ0) is 20.5. The molecule has 0 amide bonds. The van der Waals surface area contributed by atoms with Crippen LogP contribution in [0.4, 0.5) is 0 Å². The van der Waals surface area contributed by atoms with Gasteiger partial charge in [-0.1, -0.05) is 47.5 Å². The largest absolute Gasteiger partial charge is 0.387 e. The predicted octanol–water partition coefficient (Wildman–Crippen LogP) is 3.70. The summed E-state index contributed by atoms with van der Waals surface area (Å²) in [5.41, 5.74) is 0.197. The van der Waals surface area contributed by atoms with Gasteiger partial charge in [-0.3, -0.25) is 0 Å². The molecule has 1 saturated heterocycles. The van der Waals surface area contributed by atoms with E-state index >= 15 is 0 Å². The van der Waals surface area contributed by atoms with Gasteiger partial charge in [0.15, 0.2) is 0 Å². The summed E-state index contributed by atoms with van der Waals surface area (Å²) in [5, 5.41) is 0.401. The zero-order valence-corrected chi connectivity index (χ0v) is 15.6. The van der Waals surface area contributed by atoms with E-state index < -0.39 is 23.9 Å². The van der Waals surface area contributed by atoms with Gasteiger partial charge < -0.3 is 0 Å². The summed E-state index contributed by atoms with van der Waals surface area (Å²) in [6.07, 6.45) is 0.275. The van der Waals surface area contributed by atoms with Crippen LogP contribution in [0.15, 0.2) is 48.5 Å². The van der Waals surface area contributed by atoms with Crippen LogP contribution in [0.3, 0.4) is 0 Å². The molecule has 1 fully saturated rings. The van der Waals surface area contributed by atoms with Gasteiger partial charge in [0.1, 0.15) is 0 Å². The zero-order valence-electron chi connectivity index (χ0n) is 14.1. The lowest BCUT2D eigenvalue weighted by molar-refractivity contribution is -0.267. The van der Waals surface area contributed by atoms with Gasteiger partial charge >= 0.3 is 23.9 Å². The third kappa shape index (κ3) is 6.26. The molecule has 0 aliphatic carbocycles. The molecule has 10 heteroatoms. The van der Waals surface area contributed by atoms with Crippen molar-refractivity contribution in [1.29, 1.82) is 0 Å². The number of carbonyl (C=O) groups excluding carboxylic acids is 4. The van der Waals surface area contributed by atoms with Gasteiger partial charge in [0.05, 0.1) is 34.0 Å². The van der Waals surface area contributed by atoms with Gasteiger partial charge in [0.25, 0.3) is 0 Å². The topological polar surface area (TPSA) is 105 Å². The van der Waals surface area contributed by atoms with Crippen molar-refractivity contribution in [3.05, 3.63) is 69.7 Å². The van der Waals surface area contributed by atoms with E-state index in [1.54, 1.807) is 24.3 Å². The smallest absolute Gasteiger partial charge is 0.247 e. The van der Waals surface area contributed by atoms with Crippen molar-refractivity contribution in [3.8, 4) is 0 Å². The maximum absolute atomic E-state index is 11.7. The molecule has 0 radical (unpaired) electrons. The van der Waals surface area contributed by atoms with E-state index in [9.17, 15) is 19.2 Å². The van der Waals surface area contributed by atoms with Crippen LogP contribution < -0.4 is 0 Å². The van der Waals surface area contributed by atoms with E-state index in [2.05, 4.69) is 19.6 Å². The fraction of sp³-hybridized carbons (Fsp3) is 0.111. The molecule has 0 unspecified atom stereocenters. The second-order valence-corrected chi connectivity index (χ2v) is 5.93. The first-order chi connectivity index (χ1) is 13.4. The van der Waals surface area contributed by atoms with Gasteiger partial charge in [-0.05, 0) is 24.3 Å². The van der Waals surface area contributed by atoms with Crippen molar-refractivity contribution in [1.82, 2.24) is 0 Å². The number of hydrogen-bond acceptors (Lipinski definition) is 8. The first kappa shape index (κ1) is 21.2. The summed E-state index contributed by atoms with van der Waals surface area (Å²) in [4.78, 5) is 60.3. The summed E-state index contributed by atoms with van der Waals surface area (Å²) in [6, 6.07) is 12.5. The van der Waals surface area contributed by atoms with Gasteiger partial charge in [0, 0.05) is 0 Å². The second-order valence-electron chi connectivity index (χ2n) is 5.11. The highest BCUT2D eigenvalue weighted by molar-refractivity contribution is 6.34. The molecule has 0 spiro atoms. The van der Waals surface area contributed by atoms with Crippen LogP contribution in [0.5, 0.6) is 0 Å². The molecule has 8 nitrogen and oxygen atoms in total. The number of halogens is 2. The molecule has 0 aromatic heterocycles. The Kier molecular flexibility index (Phi) is 7.79. The van der Waals surface area contributed by atoms with Crippen molar-refractivity contribution in [2.24, 2.45) is 0 Å². The molecule has 0 bridgehead atoms. The normalized spacial score (nSPS) is 12.6. The first-order valence-corrected chi connectivity index (χ1v) is 8.46. The molecule has 2 aromatic carbocycles. The van der Waals surface area contributed by atoms with Crippen LogP contribution in [0, 0.1) is 0 Å². The molecule has 2 aromatic rings. The second kappa shape index (κ2) is 10.3. The van der Waals surface area contributed by atoms with E-state index in [-0.39, 0.29) is 34.0 Å². The van der Waals surface area contributed by atoms with Crippen molar-refractivity contribution < 1.29 is 38.7 Å². The summed E-state index contributed by atoms with van der Waals surface area (Å²) in [6.45, 7) is 0. The number of hydrogen-bond donors (Lipinski definition) is 0. The minimum atomic E-state index is -0.865. The first-order valence-electron chi connectivity index (χ1n) is 7.71. The molecule has 0 saturated carbocycles. The average Bonchev–Trinajstić information content (AvgIpc) is 2.69. The van der Waals surface area contributed by atoms with Gasteiger partial charge in [-0.15, -0.1) is 0 Å². The third-order valence-corrected chi connectivity index (χ3v) is 3.80. The monoisotopic (exact) mass is 426 g/mol. The minimum Gasteiger partial charge on any atom is -0.247 e. The fourth-order valence-corrected chi connectivity index (χ4v) is 2.23. The lowest BCUT2D eigenvalue weighted by Crippen LogP contribution is -2.18. The number of carbonyl (C=O) groups is 4. The molecule has 0 N–H and O–H groups in total. The van der Waals surface area contributed by atoms with Gasteiger partial charge in [0.2, 0.25) is 0 Å². The van der Waals surface area contributed by atoms with Gasteiger partial charge in [-0.2, -0.15) is 0 Å². The minimum absolute atomic E-state index is 0.0983. The predicted molar refractivity (Wildman–Crippen MR) is 95.2 cm³/mol. The third-order valence-electron chi connectivity index (χ3n) is 3.14. The molecule has 28 heavy (non-hydrogen) atoms. The van der Waals surface area contributed by atoms with Crippen LogP contribution in [0.1, 0.15) is 33.6 Å². The Morgan fingerprint density at radius 3 is 1.39 bits per heavy atom. The van der Waals surface area contributed by atoms with Crippen LogP contribution in [-0.2, 0) is 29.1 Å². The van der Waals surface area contributed by atoms with E-state index in [1.807, 2.05) is 0 Å². The molecule has 1 aliphatic rings. The van der Waals surface area contributed by atoms with Gasteiger partial charge in [-0.25, -0.2) is 38.7 Å². The van der Waals surface area contributed by atoms with E-state index in [0.29, 0.717) is 0 Å². The van der Waals surface area contributed by atoms with Crippen molar-refractivity contribution in [3.63, 3.8) is 0 Å². The number of benzene rings is 2. The van der Waals surface area contributed by atoms with E-state index in [1.165, 1.54) is 24.3 Å². The number of rotatable bonds is 2. The average molecular weight is 427 g/mol. The SMILES string of the molecule is O=C(OOC(=O)c1ccccc1Cl)c1ccccc1Cl.O=C1CCC(=O)OO1. The Balaban J connectivity index is 0.000000292. The van der Waals surface area contributed by atoms with Crippen molar-refractivity contribution in [2.45, 2.75) is 12.8 Å². The Morgan fingerprint density at radius 1 is 0.714 bits per heavy atom. The van der Waals surface area contributed by atoms with Crippen LogP contribution in [0.25, 0.3) is 0 Å². The molecule has 1 heterocycles. The highest BCUT2D eigenvalue weighted by Gasteiger charge is 2.18. The highest BCUT2D eigenvalue weighted by Crippen LogP contribution is 2.18. The van der Waals surface area contributed by atoms with E-state index in [0.717, 1.165) is 0 Å². The molecule has 146 valence electrons. The highest BCUT2D eigenvalue weighted by atomic mass is 35.5. The maximum atomic E-state index is 11.7. The lowest BCUT2D eigenvalue weighted by atomic mass is 10.2. The lowest BCUT2D eigenvalue weighted by Gasteiger charge is -2.05. The summed E-state index contributed by atoms with van der Waals surface area (Å²) in [5.74, 6) is -2.69. The quantitative estimate of drug-likeness (QED) is 0.528. The summed E-state index contributed by atoms with van der Waals surface area (Å²) in [7, 11) is 0. The molecular weight excluding hydrogens is 415 g/mol. The van der Waals surface area contributed by atoms with E-state index in [4.69, 9.17) is 23.2 Å². The Hall–Kier alpha value is -3.10. The molecule has 1 aliphatic heterocycles. The van der Waals surface area contributed by atoms with Crippen LogP contribution in [-0.4, -0.2) is 23.9 Å². The maximum Gasteiger partial charge on any atom is 0.387 e. The standard InChI is InChI=1S/C14H8Cl2O4.C4H4O4/c15-11-7-3-1-5-9(11)13(17)19-20-14(18)10-6-2-4-8-12(10)16;5-3-1-2-4(6)8-7-3/h1-8H;1-2H2. The van der Waals surface area contributed by atoms with Crippen molar-refractivity contribution in [2.75, 3.05) is 0 Å². The Morgan fingerprint density at radius 2 is 1.07 bits per heavy atom. The Labute approximate surface area is 168 Å². The van der Waals surface area contributed by atoms with Crippen molar-refractivity contribution >= 4 is 47.1 Å². The molecular formula is C18H12Cl2O8. The van der Waals surface area contributed by atoms with Crippen LogP contribution in [0.2, 0.25) is 10.0 Å². The molecule has 3 rings (SSSR count). The van der Waals surface area contributed by atoms with Crippen LogP contribution >= 0.6 is 23.2 Å². The summed E-state index contributed by atoms with van der Waals surface area (Å²) >= 11 is 11.6. The Bertz CT molecular complexity index is 811. The summed E-state index contributed by atoms with van der Waals surface area (Å²) < 4.78 is 0. The fourth-order valence-electron chi connectivity index (χ4n) is 1.80. The molecule has 0 atom stereocenters.